The second-order valence-electron chi connectivity index (χ2n) is 6.59. The number of hydrogen-bond donors (Lipinski definition) is 3. The molecule has 4 aromatic rings. The highest BCUT2D eigenvalue weighted by molar-refractivity contribution is 7.92. The van der Waals surface area contributed by atoms with E-state index in [1.54, 1.807) is 18.2 Å². The molecule has 0 unspecified atom stereocenters. The van der Waals surface area contributed by atoms with E-state index in [-0.39, 0.29) is 0 Å². The van der Waals surface area contributed by atoms with Crippen molar-refractivity contribution in [2.45, 2.75) is 13.8 Å². The molecule has 1 aromatic carbocycles. The Kier molecular flexibility index (Phi) is 4.27. The predicted molar refractivity (Wildman–Crippen MR) is 108 cm³/mol. The van der Waals surface area contributed by atoms with Crippen LogP contribution in [-0.4, -0.2) is 39.2 Å². The highest BCUT2D eigenvalue weighted by atomic mass is 32.2. The minimum Gasteiger partial charge on any atom is -0.308 e. The van der Waals surface area contributed by atoms with Gasteiger partial charge in [-0.1, -0.05) is 12.1 Å². The lowest BCUT2D eigenvalue weighted by Crippen LogP contribution is -2.09. The van der Waals surface area contributed by atoms with Gasteiger partial charge >= 0.3 is 0 Å². The molecule has 28 heavy (non-hydrogen) atoms. The molecule has 0 radical (unpaired) electrons. The minimum absolute atomic E-state index is 0.471. The number of anilines is 3. The second kappa shape index (κ2) is 6.64. The van der Waals surface area contributed by atoms with Gasteiger partial charge in [0.15, 0.2) is 5.82 Å². The van der Waals surface area contributed by atoms with E-state index in [2.05, 4.69) is 25.2 Å². The molecule has 3 aromatic heterocycles. The number of aromatic amines is 1. The molecule has 0 fully saturated rings. The van der Waals surface area contributed by atoms with Gasteiger partial charge in [-0.15, -0.1) is 0 Å². The van der Waals surface area contributed by atoms with Crippen molar-refractivity contribution < 1.29 is 8.42 Å². The Morgan fingerprint density at radius 3 is 2.64 bits per heavy atom. The number of benzene rings is 1. The van der Waals surface area contributed by atoms with E-state index in [0.29, 0.717) is 23.1 Å². The van der Waals surface area contributed by atoms with Gasteiger partial charge in [-0.05, 0) is 26.0 Å². The number of hydrogen-bond acceptors (Lipinski definition) is 6. The largest absolute Gasteiger partial charge is 0.308 e. The minimum atomic E-state index is -3.36. The molecule has 0 aliphatic carbocycles. The summed E-state index contributed by atoms with van der Waals surface area (Å²) in [6, 6.07) is 10.8. The molecule has 144 valence electrons. The Bertz CT molecular complexity index is 1270. The van der Waals surface area contributed by atoms with Gasteiger partial charge in [0.05, 0.1) is 17.6 Å². The lowest BCUT2D eigenvalue weighted by molar-refractivity contribution is 0.607. The van der Waals surface area contributed by atoms with Gasteiger partial charge in [0.2, 0.25) is 16.0 Å². The molecule has 9 nitrogen and oxygen atoms in total. The fourth-order valence-electron chi connectivity index (χ4n) is 2.90. The van der Waals surface area contributed by atoms with Gasteiger partial charge in [-0.3, -0.25) is 14.2 Å². The number of fused-ring (bicyclic) bond motifs is 1. The zero-order valence-electron chi connectivity index (χ0n) is 15.6. The monoisotopic (exact) mass is 397 g/mol. The molecule has 3 N–H and O–H groups in total. The van der Waals surface area contributed by atoms with Crippen LogP contribution in [0.5, 0.6) is 0 Å². The topological polar surface area (TPSA) is 117 Å². The fraction of sp³-hybridized carbons (Fsp3) is 0.167. The Morgan fingerprint density at radius 1 is 1.11 bits per heavy atom. The number of H-pyrrole nitrogens is 1. The summed E-state index contributed by atoms with van der Waals surface area (Å²) in [4.78, 5) is 9.24. The van der Waals surface area contributed by atoms with Crippen molar-refractivity contribution >= 4 is 33.1 Å². The summed E-state index contributed by atoms with van der Waals surface area (Å²) >= 11 is 0. The van der Waals surface area contributed by atoms with Crippen LogP contribution in [0.2, 0.25) is 0 Å². The van der Waals surface area contributed by atoms with Crippen molar-refractivity contribution in [3.8, 4) is 11.3 Å². The van der Waals surface area contributed by atoms with E-state index < -0.39 is 10.0 Å². The first-order valence-corrected chi connectivity index (χ1v) is 10.4. The average molecular weight is 397 g/mol. The molecule has 0 aliphatic heterocycles. The Morgan fingerprint density at radius 2 is 1.93 bits per heavy atom. The van der Waals surface area contributed by atoms with Crippen LogP contribution >= 0.6 is 0 Å². The summed E-state index contributed by atoms with van der Waals surface area (Å²) in [5, 5.41) is 10.3. The predicted octanol–water partition coefficient (Wildman–Crippen LogP) is 2.85. The molecule has 0 aliphatic rings. The molecule has 0 amide bonds. The molecule has 4 rings (SSSR count). The maximum absolute atomic E-state index is 11.5. The molecule has 0 bridgehead atoms. The normalized spacial score (nSPS) is 11.7. The van der Waals surface area contributed by atoms with Crippen LogP contribution in [0.1, 0.15) is 11.4 Å². The van der Waals surface area contributed by atoms with E-state index in [1.165, 1.54) is 0 Å². The van der Waals surface area contributed by atoms with Crippen LogP contribution < -0.4 is 10.0 Å². The first-order chi connectivity index (χ1) is 13.3. The molecule has 3 heterocycles. The van der Waals surface area contributed by atoms with Crippen molar-refractivity contribution in [1.29, 1.82) is 0 Å². The molecule has 0 atom stereocenters. The maximum Gasteiger partial charge on any atom is 0.229 e. The van der Waals surface area contributed by atoms with Crippen molar-refractivity contribution in [3.63, 3.8) is 0 Å². The van der Waals surface area contributed by atoms with Crippen molar-refractivity contribution in [3.05, 3.63) is 54.0 Å². The van der Waals surface area contributed by atoms with Crippen LogP contribution in [0.3, 0.4) is 0 Å². The van der Waals surface area contributed by atoms with Crippen LogP contribution in [0.15, 0.2) is 42.6 Å². The summed E-state index contributed by atoms with van der Waals surface area (Å²) in [5.74, 6) is 1.20. The van der Waals surface area contributed by atoms with Gasteiger partial charge in [-0.25, -0.2) is 18.4 Å². The first kappa shape index (κ1) is 18.0. The molecular formula is C18H19N7O2S. The number of imidazole rings is 1. The standard InChI is InChI=1S/C18H19N7O2S/c1-11-7-16(23-22-11)21-18-20-15(9-17-19-12(2)10-25(17)18)13-5-4-6-14(8-13)24-28(3,26)27/h4-10,24H,1-3H3,(H2,20,21,22,23). The second-order valence-corrected chi connectivity index (χ2v) is 8.34. The molecule has 0 saturated heterocycles. The quantitative estimate of drug-likeness (QED) is 0.477. The highest BCUT2D eigenvalue weighted by Crippen LogP contribution is 2.26. The number of aromatic nitrogens is 5. The van der Waals surface area contributed by atoms with Gasteiger partial charge < -0.3 is 5.32 Å². The zero-order valence-corrected chi connectivity index (χ0v) is 16.4. The van der Waals surface area contributed by atoms with Crippen LogP contribution in [0, 0.1) is 13.8 Å². The third-order valence-corrected chi connectivity index (χ3v) is 4.59. The van der Waals surface area contributed by atoms with Gasteiger partial charge in [-0.2, -0.15) is 5.10 Å². The number of nitrogens with one attached hydrogen (secondary N) is 3. The number of sulfonamides is 1. The van der Waals surface area contributed by atoms with Crippen molar-refractivity contribution in [2.24, 2.45) is 0 Å². The average Bonchev–Trinajstić information content (AvgIpc) is 3.18. The van der Waals surface area contributed by atoms with Crippen molar-refractivity contribution in [2.75, 3.05) is 16.3 Å². The number of nitrogens with zero attached hydrogens (tertiary/aromatic N) is 4. The van der Waals surface area contributed by atoms with Gasteiger partial charge in [0.25, 0.3) is 0 Å². The zero-order chi connectivity index (χ0) is 19.9. The van der Waals surface area contributed by atoms with Gasteiger partial charge in [0, 0.05) is 35.3 Å². The summed E-state index contributed by atoms with van der Waals surface area (Å²) < 4.78 is 27.4. The third kappa shape index (κ3) is 3.81. The highest BCUT2D eigenvalue weighted by Gasteiger charge is 2.12. The molecular weight excluding hydrogens is 378 g/mol. The summed E-state index contributed by atoms with van der Waals surface area (Å²) in [7, 11) is -3.36. The lowest BCUT2D eigenvalue weighted by atomic mass is 10.1. The SMILES string of the molecule is Cc1cn2c(Nc3cc(C)[nH]n3)nc(-c3cccc(NS(C)(=O)=O)c3)cc2n1. The smallest absolute Gasteiger partial charge is 0.229 e. The Balaban J connectivity index is 1.80. The number of aryl methyl sites for hydroxylation is 2. The van der Waals surface area contributed by atoms with E-state index in [0.717, 1.165) is 28.9 Å². The van der Waals surface area contributed by atoms with E-state index in [9.17, 15) is 8.42 Å². The Hall–Kier alpha value is -3.40. The van der Waals surface area contributed by atoms with Crippen LogP contribution in [0.4, 0.5) is 17.5 Å². The van der Waals surface area contributed by atoms with Crippen molar-refractivity contribution in [1.82, 2.24) is 24.6 Å². The van der Waals surface area contributed by atoms with E-state index >= 15 is 0 Å². The molecule has 10 heteroatoms. The van der Waals surface area contributed by atoms with E-state index in [4.69, 9.17) is 4.98 Å². The summed E-state index contributed by atoms with van der Waals surface area (Å²) in [6.45, 7) is 3.82. The molecule has 0 spiro atoms. The summed E-state index contributed by atoms with van der Waals surface area (Å²) in [5.41, 5.74) is 4.39. The number of rotatable bonds is 5. The van der Waals surface area contributed by atoms with Gasteiger partial charge in [0.1, 0.15) is 5.65 Å². The van der Waals surface area contributed by atoms with E-state index in [1.807, 2.05) is 42.6 Å². The van der Waals surface area contributed by atoms with Crippen LogP contribution in [0.25, 0.3) is 16.9 Å². The summed E-state index contributed by atoms with van der Waals surface area (Å²) in [6.07, 6.45) is 3.00. The molecule has 0 saturated carbocycles. The third-order valence-electron chi connectivity index (χ3n) is 3.98. The van der Waals surface area contributed by atoms with Crippen LogP contribution in [-0.2, 0) is 10.0 Å². The maximum atomic E-state index is 11.5. The fourth-order valence-corrected chi connectivity index (χ4v) is 3.45. The Labute approximate surface area is 161 Å². The first-order valence-electron chi connectivity index (χ1n) is 8.51. The lowest BCUT2D eigenvalue weighted by Gasteiger charge is -2.10.